The fraction of sp³-hybridized carbons (Fsp3) is 0.316. The van der Waals surface area contributed by atoms with Crippen LogP contribution in [0.5, 0.6) is 0 Å². The van der Waals surface area contributed by atoms with Crippen molar-refractivity contribution in [2.45, 2.75) is 43.8 Å². The van der Waals surface area contributed by atoms with Crippen molar-refractivity contribution in [2.75, 3.05) is 11.1 Å². The summed E-state index contributed by atoms with van der Waals surface area (Å²) in [7, 11) is 0. The summed E-state index contributed by atoms with van der Waals surface area (Å²) in [5.41, 5.74) is 9.28. The zero-order chi connectivity index (χ0) is 16.8. The lowest BCUT2D eigenvalue weighted by molar-refractivity contribution is -0.115. The molecule has 130 valence electrons. The molecule has 2 aromatic carbocycles. The Hall–Kier alpha value is -1.65. The van der Waals surface area contributed by atoms with E-state index in [0.717, 1.165) is 23.2 Å². The molecule has 24 heavy (non-hydrogen) atoms. The number of anilines is 2. The summed E-state index contributed by atoms with van der Waals surface area (Å²) in [6, 6.07) is 13.6. The van der Waals surface area contributed by atoms with Crippen LogP contribution in [-0.4, -0.2) is 11.2 Å². The van der Waals surface area contributed by atoms with E-state index in [2.05, 4.69) is 31.3 Å². The van der Waals surface area contributed by atoms with Crippen LogP contribution >= 0.6 is 24.2 Å². The van der Waals surface area contributed by atoms with Gasteiger partial charge in [0.25, 0.3) is 0 Å². The van der Waals surface area contributed by atoms with Crippen LogP contribution in [0.3, 0.4) is 0 Å². The standard InChI is InChI=1S/C19H24N2OS.ClH/c1-4-14(3)23-17-9-10-18(13(2)11-17)21-19(22)12-15-5-7-16(20)8-6-15;/h5-11,14H,4,12,20H2,1-3H3,(H,21,22);1H. The highest BCUT2D eigenvalue weighted by Crippen LogP contribution is 2.28. The largest absolute Gasteiger partial charge is 0.399 e. The van der Waals surface area contributed by atoms with Crippen molar-refractivity contribution >= 4 is 41.5 Å². The summed E-state index contributed by atoms with van der Waals surface area (Å²) in [4.78, 5) is 13.4. The molecular weight excluding hydrogens is 340 g/mol. The molecule has 3 nitrogen and oxygen atoms in total. The van der Waals surface area contributed by atoms with Gasteiger partial charge >= 0.3 is 0 Å². The molecule has 0 aromatic heterocycles. The lowest BCUT2D eigenvalue weighted by atomic mass is 10.1. The van der Waals surface area contributed by atoms with Gasteiger partial charge in [0.2, 0.25) is 5.91 Å². The Kier molecular flexibility index (Phi) is 8.16. The van der Waals surface area contributed by atoms with Crippen molar-refractivity contribution in [2.24, 2.45) is 0 Å². The van der Waals surface area contributed by atoms with Crippen molar-refractivity contribution in [3.8, 4) is 0 Å². The van der Waals surface area contributed by atoms with Gasteiger partial charge in [-0.3, -0.25) is 4.79 Å². The number of nitrogens with one attached hydrogen (secondary N) is 1. The molecule has 0 radical (unpaired) electrons. The Morgan fingerprint density at radius 1 is 1.21 bits per heavy atom. The van der Waals surface area contributed by atoms with Gasteiger partial charge in [-0.25, -0.2) is 0 Å². The maximum atomic E-state index is 12.2. The summed E-state index contributed by atoms with van der Waals surface area (Å²) in [6.07, 6.45) is 1.49. The molecule has 1 atom stereocenters. The van der Waals surface area contributed by atoms with Crippen LogP contribution in [0.4, 0.5) is 11.4 Å². The highest BCUT2D eigenvalue weighted by Gasteiger charge is 2.08. The lowest BCUT2D eigenvalue weighted by Gasteiger charge is -2.12. The highest BCUT2D eigenvalue weighted by atomic mass is 35.5. The van der Waals surface area contributed by atoms with Gasteiger partial charge in [-0.05, 0) is 54.8 Å². The van der Waals surface area contributed by atoms with Crippen molar-refractivity contribution in [3.63, 3.8) is 0 Å². The number of rotatable bonds is 6. The summed E-state index contributed by atoms with van der Waals surface area (Å²) < 4.78 is 0. The van der Waals surface area contributed by atoms with Gasteiger partial charge in [0.05, 0.1) is 6.42 Å². The highest BCUT2D eigenvalue weighted by molar-refractivity contribution is 7.99. The summed E-state index contributed by atoms with van der Waals surface area (Å²) >= 11 is 1.86. The third-order valence-electron chi connectivity index (χ3n) is 3.73. The topological polar surface area (TPSA) is 55.1 Å². The quantitative estimate of drug-likeness (QED) is 0.555. The molecule has 0 aliphatic carbocycles. The second-order valence-corrected chi connectivity index (χ2v) is 7.29. The first-order valence-corrected chi connectivity index (χ1v) is 8.77. The molecule has 0 heterocycles. The first kappa shape index (κ1) is 20.4. The van der Waals surface area contributed by atoms with Crippen LogP contribution in [0.15, 0.2) is 47.4 Å². The molecule has 0 aliphatic heterocycles. The average Bonchev–Trinajstić information content (AvgIpc) is 2.52. The SMILES string of the molecule is CCC(C)Sc1ccc(NC(=O)Cc2ccc(N)cc2)c(C)c1.Cl. The van der Waals surface area contributed by atoms with E-state index in [-0.39, 0.29) is 18.3 Å². The molecule has 3 N–H and O–H groups in total. The fourth-order valence-corrected chi connectivity index (χ4v) is 3.20. The molecule has 2 aromatic rings. The Balaban J connectivity index is 0.00000288. The number of aryl methyl sites for hydroxylation is 1. The molecule has 0 saturated carbocycles. The average molecular weight is 365 g/mol. The smallest absolute Gasteiger partial charge is 0.228 e. The number of carbonyl (C=O) groups excluding carboxylic acids is 1. The maximum absolute atomic E-state index is 12.2. The third-order valence-corrected chi connectivity index (χ3v) is 4.99. The van der Waals surface area contributed by atoms with Gasteiger partial charge in [0.1, 0.15) is 0 Å². The van der Waals surface area contributed by atoms with Gasteiger partial charge in [-0.2, -0.15) is 0 Å². The van der Waals surface area contributed by atoms with Crippen LogP contribution in [0.25, 0.3) is 0 Å². The summed E-state index contributed by atoms with van der Waals surface area (Å²) in [5.74, 6) is -0.0137. The maximum Gasteiger partial charge on any atom is 0.228 e. The number of halogens is 1. The van der Waals surface area contributed by atoms with Crippen molar-refractivity contribution in [1.82, 2.24) is 0 Å². The predicted molar refractivity (Wildman–Crippen MR) is 107 cm³/mol. The Morgan fingerprint density at radius 3 is 2.46 bits per heavy atom. The van der Waals surface area contributed by atoms with E-state index in [1.165, 1.54) is 4.90 Å². The number of nitrogens with two attached hydrogens (primary N) is 1. The van der Waals surface area contributed by atoms with Gasteiger partial charge < -0.3 is 11.1 Å². The van der Waals surface area contributed by atoms with Crippen LogP contribution in [0.1, 0.15) is 31.4 Å². The van der Waals surface area contributed by atoms with Gasteiger partial charge in [-0.15, -0.1) is 24.2 Å². The van der Waals surface area contributed by atoms with Crippen molar-refractivity contribution in [1.29, 1.82) is 0 Å². The number of thioether (sulfide) groups is 1. The van der Waals surface area contributed by atoms with Gasteiger partial charge in [0.15, 0.2) is 0 Å². The number of hydrogen-bond acceptors (Lipinski definition) is 3. The van der Waals surface area contributed by atoms with Crippen LogP contribution in [0.2, 0.25) is 0 Å². The minimum atomic E-state index is -0.0137. The number of carbonyl (C=O) groups is 1. The third kappa shape index (κ3) is 6.10. The second-order valence-electron chi connectivity index (χ2n) is 5.78. The van der Waals surface area contributed by atoms with Gasteiger partial charge in [0, 0.05) is 21.5 Å². The number of benzene rings is 2. The first-order valence-electron chi connectivity index (χ1n) is 7.89. The molecule has 1 amide bonds. The lowest BCUT2D eigenvalue weighted by Crippen LogP contribution is -2.15. The van der Waals surface area contributed by atoms with E-state index in [1.807, 2.05) is 49.0 Å². The van der Waals surface area contributed by atoms with E-state index in [9.17, 15) is 4.79 Å². The predicted octanol–water partition coefficient (Wildman–Crippen LogP) is 5.07. The Labute approximate surface area is 154 Å². The minimum Gasteiger partial charge on any atom is -0.399 e. The molecule has 0 bridgehead atoms. The van der Waals surface area contributed by atoms with Crippen molar-refractivity contribution < 1.29 is 4.79 Å². The second kappa shape index (κ2) is 9.60. The van der Waals surface area contributed by atoms with E-state index in [4.69, 9.17) is 5.73 Å². The molecule has 2 rings (SSSR count). The monoisotopic (exact) mass is 364 g/mol. The minimum absolute atomic E-state index is 0. The van der Waals surface area contributed by atoms with Crippen LogP contribution in [0, 0.1) is 6.92 Å². The summed E-state index contributed by atoms with van der Waals surface area (Å²) in [6.45, 7) is 6.44. The first-order chi connectivity index (χ1) is 11.0. The zero-order valence-corrected chi connectivity index (χ0v) is 16.0. The van der Waals surface area contributed by atoms with E-state index < -0.39 is 0 Å². The zero-order valence-electron chi connectivity index (χ0n) is 14.3. The van der Waals surface area contributed by atoms with Crippen molar-refractivity contribution in [3.05, 3.63) is 53.6 Å². The Morgan fingerprint density at radius 2 is 1.88 bits per heavy atom. The Bertz CT molecular complexity index is 674. The van der Waals surface area contributed by atoms with E-state index in [1.54, 1.807) is 0 Å². The number of amides is 1. The molecule has 0 saturated heterocycles. The normalized spacial score (nSPS) is 11.5. The molecule has 5 heteroatoms. The van der Waals surface area contributed by atoms with Gasteiger partial charge in [-0.1, -0.05) is 26.0 Å². The van der Waals surface area contributed by atoms with Crippen LogP contribution in [-0.2, 0) is 11.2 Å². The molecule has 0 aliphatic rings. The fourth-order valence-electron chi connectivity index (χ4n) is 2.18. The number of hydrogen-bond donors (Lipinski definition) is 2. The molecule has 0 spiro atoms. The molecule has 0 fully saturated rings. The molecular formula is C19H25ClN2OS. The van der Waals surface area contributed by atoms with E-state index >= 15 is 0 Å². The van der Waals surface area contributed by atoms with Crippen LogP contribution < -0.4 is 11.1 Å². The number of nitrogen functional groups attached to an aromatic ring is 1. The summed E-state index contributed by atoms with van der Waals surface area (Å²) in [5, 5.41) is 3.59. The molecule has 1 unspecified atom stereocenters. The van der Waals surface area contributed by atoms with E-state index in [0.29, 0.717) is 17.4 Å².